The van der Waals surface area contributed by atoms with Gasteiger partial charge in [-0.3, -0.25) is 9.59 Å². The molecule has 102 valence electrons. The van der Waals surface area contributed by atoms with E-state index in [0.29, 0.717) is 5.56 Å². The molecule has 2 nitrogen and oxygen atoms in total. The predicted molar refractivity (Wildman–Crippen MR) is 69.2 cm³/mol. The van der Waals surface area contributed by atoms with E-state index in [2.05, 4.69) is 0 Å². The highest BCUT2D eigenvalue weighted by atomic mass is 32.2. The van der Waals surface area contributed by atoms with Crippen LogP contribution in [0, 0.1) is 13.8 Å². The van der Waals surface area contributed by atoms with Gasteiger partial charge in [-0.1, -0.05) is 0 Å². The van der Waals surface area contributed by atoms with Crippen molar-refractivity contribution in [2.24, 2.45) is 0 Å². The molecule has 0 unspecified atom stereocenters. The van der Waals surface area contributed by atoms with Gasteiger partial charge in [-0.15, -0.1) is 22.7 Å². The van der Waals surface area contributed by atoms with E-state index in [9.17, 15) is 22.8 Å². The van der Waals surface area contributed by atoms with Crippen LogP contribution in [0.25, 0.3) is 9.40 Å². The number of thiophene rings is 2. The zero-order valence-electron chi connectivity index (χ0n) is 10.1. The number of carbonyl (C=O) groups excluding carboxylic acids is 2. The number of hydrogen-bond donors (Lipinski definition) is 0. The SMILES string of the molecule is Cc1csc2sc(C(=O)CC(=O)C(F)(F)F)c(C)c12. The third kappa shape index (κ3) is 2.57. The maximum absolute atomic E-state index is 12.1. The van der Waals surface area contributed by atoms with E-state index >= 15 is 0 Å². The van der Waals surface area contributed by atoms with Crippen molar-refractivity contribution in [2.75, 3.05) is 0 Å². The fraction of sp³-hybridized carbons (Fsp3) is 0.333. The van der Waals surface area contributed by atoms with Gasteiger partial charge >= 0.3 is 6.18 Å². The summed E-state index contributed by atoms with van der Waals surface area (Å²) < 4.78 is 37.3. The summed E-state index contributed by atoms with van der Waals surface area (Å²) in [6.45, 7) is 3.58. The van der Waals surface area contributed by atoms with Crippen LogP contribution in [0.15, 0.2) is 5.38 Å². The van der Waals surface area contributed by atoms with Crippen LogP contribution >= 0.6 is 22.7 Å². The molecule has 0 aliphatic rings. The Labute approximate surface area is 114 Å². The Hall–Kier alpha value is -1.21. The highest BCUT2D eigenvalue weighted by Gasteiger charge is 2.39. The van der Waals surface area contributed by atoms with Crippen molar-refractivity contribution in [3.63, 3.8) is 0 Å². The fourth-order valence-electron chi connectivity index (χ4n) is 1.82. The van der Waals surface area contributed by atoms with E-state index in [1.807, 2.05) is 12.3 Å². The fourth-order valence-corrected chi connectivity index (χ4v) is 4.28. The van der Waals surface area contributed by atoms with Crippen LogP contribution < -0.4 is 0 Å². The number of alkyl halides is 3. The normalized spacial score (nSPS) is 12.1. The van der Waals surface area contributed by atoms with E-state index in [4.69, 9.17) is 0 Å². The lowest BCUT2D eigenvalue weighted by Crippen LogP contribution is -2.25. The second-order valence-electron chi connectivity index (χ2n) is 4.16. The van der Waals surface area contributed by atoms with Gasteiger partial charge in [-0.25, -0.2) is 0 Å². The van der Waals surface area contributed by atoms with Gasteiger partial charge in [0, 0.05) is 5.39 Å². The van der Waals surface area contributed by atoms with Crippen molar-refractivity contribution in [1.29, 1.82) is 0 Å². The Morgan fingerprint density at radius 1 is 1.26 bits per heavy atom. The predicted octanol–water partition coefficient (Wildman–Crippen LogP) is 4.28. The molecule has 2 rings (SSSR count). The number of halogens is 3. The number of Topliss-reactive ketones (excluding diaryl/α,β-unsaturated/α-hetero) is 2. The standard InChI is InChI=1S/C12H9F3O2S2/c1-5-4-18-11-9(5)6(2)10(19-11)7(16)3-8(17)12(13,14)15/h4H,3H2,1-2H3. The zero-order chi connectivity index (χ0) is 14.4. The summed E-state index contributed by atoms with van der Waals surface area (Å²) in [7, 11) is 0. The lowest BCUT2D eigenvalue weighted by atomic mass is 10.1. The average Bonchev–Trinajstić information content (AvgIpc) is 2.79. The molecule has 0 N–H and O–H groups in total. The van der Waals surface area contributed by atoms with Crippen LogP contribution in [0.2, 0.25) is 0 Å². The number of rotatable bonds is 3. The lowest BCUT2D eigenvalue weighted by molar-refractivity contribution is -0.170. The second-order valence-corrected chi connectivity index (χ2v) is 6.32. The van der Waals surface area contributed by atoms with E-state index in [-0.39, 0.29) is 4.88 Å². The molecule has 0 radical (unpaired) electrons. The van der Waals surface area contributed by atoms with Gasteiger partial charge in [-0.05, 0) is 30.4 Å². The second kappa shape index (κ2) is 4.72. The molecule has 0 amide bonds. The van der Waals surface area contributed by atoms with Gasteiger partial charge < -0.3 is 0 Å². The third-order valence-corrected chi connectivity index (χ3v) is 5.30. The van der Waals surface area contributed by atoms with Crippen LogP contribution in [0.1, 0.15) is 27.2 Å². The van der Waals surface area contributed by atoms with E-state index < -0.39 is 24.2 Å². The number of ketones is 2. The molecule has 7 heteroatoms. The molecule has 19 heavy (non-hydrogen) atoms. The average molecular weight is 306 g/mol. The largest absolute Gasteiger partial charge is 0.450 e. The van der Waals surface area contributed by atoms with Crippen molar-refractivity contribution in [3.8, 4) is 0 Å². The third-order valence-electron chi connectivity index (χ3n) is 2.74. The zero-order valence-corrected chi connectivity index (χ0v) is 11.7. The molecular weight excluding hydrogens is 297 g/mol. The molecule has 0 aliphatic carbocycles. The highest BCUT2D eigenvalue weighted by Crippen LogP contribution is 2.38. The van der Waals surface area contributed by atoms with Crippen molar-refractivity contribution >= 4 is 43.6 Å². The molecule has 0 aliphatic heterocycles. The first kappa shape index (κ1) is 14.2. The molecular formula is C12H9F3O2S2. The Balaban J connectivity index is 2.32. The van der Waals surface area contributed by atoms with Crippen LogP contribution in [-0.2, 0) is 4.79 Å². The summed E-state index contributed by atoms with van der Waals surface area (Å²) in [4.78, 5) is 22.9. The van der Waals surface area contributed by atoms with Gasteiger partial charge in [0.1, 0.15) is 0 Å². The lowest BCUT2D eigenvalue weighted by Gasteiger charge is -2.03. The first-order chi connectivity index (χ1) is 8.71. The van der Waals surface area contributed by atoms with Crippen LogP contribution in [0.5, 0.6) is 0 Å². The molecule has 0 fully saturated rings. The van der Waals surface area contributed by atoms with Gasteiger partial charge in [0.15, 0.2) is 5.78 Å². The number of aryl methyl sites for hydroxylation is 2. The van der Waals surface area contributed by atoms with E-state index in [1.54, 1.807) is 6.92 Å². The van der Waals surface area contributed by atoms with Crippen molar-refractivity contribution in [2.45, 2.75) is 26.4 Å². The van der Waals surface area contributed by atoms with Crippen LogP contribution in [0.3, 0.4) is 0 Å². The summed E-state index contributed by atoms with van der Waals surface area (Å²) >= 11 is 2.60. The summed E-state index contributed by atoms with van der Waals surface area (Å²) in [6.07, 6.45) is -6.06. The Morgan fingerprint density at radius 3 is 2.42 bits per heavy atom. The number of hydrogen-bond acceptors (Lipinski definition) is 4. The van der Waals surface area contributed by atoms with E-state index in [1.165, 1.54) is 11.3 Å². The maximum Gasteiger partial charge on any atom is 0.450 e. The number of fused-ring (bicyclic) bond motifs is 1. The molecule has 0 spiro atoms. The monoisotopic (exact) mass is 306 g/mol. The summed E-state index contributed by atoms with van der Waals surface area (Å²) in [5.74, 6) is -2.75. The topological polar surface area (TPSA) is 34.1 Å². The Bertz CT molecular complexity index is 664. The molecule has 0 bridgehead atoms. The first-order valence-electron chi connectivity index (χ1n) is 5.32. The van der Waals surface area contributed by atoms with Gasteiger partial charge in [-0.2, -0.15) is 13.2 Å². The summed E-state index contributed by atoms with van der Waals surface area (Å²) in [6, 6.07) is 0. The van der Waals surface area contributed by atoms with Gasteiger partial charge in [0.25, 0.3) is 0 Å². The van der Waals surface area contributed by atoms with Crippen LogP contribution in [0.4, 0.5) is 13.2 Å². The molecule has 2 aromatic heterocycles. The molecule has 0 saturated carbocycles. The minimum atomic E-state index is -4.95. The highest BCUT2D eigenvalue weighted by molar-refractivity contribution is 7.38. The van der Waals surface area contributed by atoms with Crippen molar-refractivity contribution in [1.82, 2.24) is 0 Å². The van der Waals surface area contributed by atoms with Crippen LogP contribution in [-0.4, -0.2) is 17.7 Å². The Morgan fingerprint density at radius 2 is 1.89 bits per heavy atom. The minimum Gasteiger partial charge on any atom is -0.293 e. The molecule has 0 saturated heterocycles. The molecule has 0 aromatic carbocycles. The van der Waals surface area contributed by atoms with E-state index in [0.717, 1.165) is 26.3 Å². The maximum atomic E-state index is 12.1. The van der Waals surface area contributed by atoms with Crippen molar-refractivity contribution < 1.29 is 22.8 Å². The Kier molecular flexibility index (Phi) is 3.53. The molecule has 0 atom stereocenters. The first-order valence-corrected chi connectivity index (χ1v) is 7.02. The minimum absolute atomic E-state index is 0.252. The smallest absolute Gasteiger partial charge is 0.293 e. The summed E-state index contributed by atoms with van der Waals surface area (Å²) in [5, 5.41) is 2.85. The number of carbonyl (C=O) groups is 2. The quantitative estimate of drug-likeness (QED) is 0.626. The van der Waals surface area contributed by atoms with Gasteiger partial charge in [0.05, 0.1) is 15.3 Å². The summed E-state index contributed by atoms with van der Waals surface area (Å²) in [5.41, 5.74) is 1.66. The molecule has 2 heterocycles. The van der Waals surface area contributed by atoms with Gasteiger partial charge in [0.2, 0.25) is 5.78 Å². The van der Waals surface area contributed by atoms with Crippen molar-refractivity contribution in [3.05, 3.63) is 21.4 Å². The molecule has 2 aromatic rings.